The van der Waals surface area contributed by atoms with Crippen LogP contribution in [0.5, 0.6) is 0 Å². The summed E-state index contributed by atoms with van der Waals surface area (Å²) in [5, 5.41) is 3.02. The van der Waals surface area contributed by atoms with E-state index in [0.717, 1.165) is 49.2 Å². The molecule has 28 heavy (non-hydrogen) atoms. The minimum atomic E-state index is 0.0302. The number of carbonyl (C=O) groups excluding carboxylic acids is 2. The number of amides is 2. The molecular weight excluding hydrogens is 368 g/mol. The van der Waals surface area contributed by atoms with Crippen molar-refractivity contribution in [1.29, 1.82) is 0 Å². The number of carbonyl (C=O) groups is 2. The molecule has 146 valence electrons. The molecule has 2 aromatic carbocycles. The van der Waals surface area contributed by atoms with Gasteiger partial charge in [0, 0.05) is 29.6 Å². The molecule has 1 aliphatic heterocycles. The quantitative estimate of drug-likeness (QED) is 0.728. The zero-order valence-electron chi connectivity index (χ0n) is 16.0. The molecule has 1 aliphatic carbocycles. The third-order valence-electron chi connectivity index (χ3n) is 5.40. The molecule has 1 atom stereocenters. The Morgan fingerprint density at radius 1 is 1.00 bits per heavy atom. The molecule has 4 nitrogen and oxygen atoms in total. The average molecular weight is 395 g/mol. The number of hydrogen-bond donors (Lipinski definition) is 1. The normalized spacial score (nSPS) is 18.9. The zero-order chi connectivity index (χ0) is 19.3. The summed E-state index contributed by atoms with van der Waals surface area (Å²) < 4.78 is 0. The lowest BCUT2D eigenvalue weighted by Gasteiger charge is -2.16. The van der Waals surface area contributed by atoms with Gasteiger partial charge >= 0.3 is 0 Å². The molecule has 2 aromatic rings. The number of thioether (sulfide) groups is 1. The molecule has 1 heterocycles. The number of benzene rings is 2. The fourth-order valence-electron chi connectivity index (χ4n) is 3.60. The van der Waals surface area contributed by atoms with E-state index in [-0.39, 0.29) is 11.8 Å². The average Bonchev–Trinajstić information content (AvgIpc) is 3.42. The van der Waals surface area contributed by atoms with Crippen LogP contribution < -0.4 is 5.32 Å². The minimum Gasteiger partial charge on any atom is -0.349 e. The number of likely N-dealkylation sites (tertiary alicyclic amines) is 1. The maximum atomic E-state index is 12.5. The highest BCUT2D eigenvalue weighted by Gasteiger charge is 2.26. The van der Waals surface area contributed by atoms with Gasteiger partial charge < -0.3 is 10.2 Å². The summed E-state index contributed by atoms with van der Waals surface area (Å²) in [6, 6.07) is 18.4. The van der Waals surface area contributed by atoms with Crippen LogP contribution in [0.3, 0.4) is 0 Å². The number of rotatable bonds is 7. The van der Waals surface area contributed by atoms with E-state index in [1.807, 2.05) is 47.4 Å². The summed E-state index contributed by atoms with van der Waals surface area (Å²) in [6.07, 6.45) is 4.21. The van der Waals surface area contributed by atoms with Crippen molar-refractivity contribution in [3.8, 4) is 0 Å². The Morgan fingerprint density at radius 3 is 2.46 bits per heavy atom. The van der Waals surface area contributed by atoms with E-state index >= 15 is 0 Å². The lowest BCUT2D eigenvalue weighted by molar-refractivity contribution is -0.127. The van der Waals surface area contributed by atoms with Gasteiger partial charge in [-0.05, 0) is 61.4 Å². The molecule has 0 aromatic heterocycles. The molecular formula is C23H26N2O2S. The number of nitrogens with one attached hydrogen (secondary N) is 1. The highest BCUT2D eigenvalue weighted by molar-refractivity contribution is 8.00. The second kappa shape index (κ2) is 8.82. The van der Waals surface area contributed by atoms with E-state index in [4.69, 9.17) is 0 Å². The van der Waals surface area contributed by atoms with Gasteiger partial charge in [-0.3, -0.25) is 9.59 Å². The van der Waals surface area contributed by atoms with E-state index in [1.54, 1.807) is 11.8 Å². The first-order valence-electron chi connectivity index (χ1n) is 10.0. The first kappa shape index (κ1) is 19.1. The summed E-state index contributed by atoms with van der Waals surface area (Å²) in [5.74, 6) is 1.25. The first-order chi connectivity index (χ1) is 13.7. The van der Waals surface area contributed by atoms with Gasteiger partial charge in [0.1, 0.15) is 0 Å². The Bertz CT molecular complexity index is 818. The van der Waals surface area contributed by atoms with Crippen molar-refractivity contribution in [2.75, 3.05) is 18.8 Å². The van der Waals surface area contributed by atoms with E-state index < -0.39 is 0 Å². The highest BCUT2D eigenvalue weighted by atomic mass is 32.2. The van der Waals surface area contributed by atoms with Crippen LogP contribution in [0.15, 0.2) is 59.5 Å². The van der Waals surface area contributed by atoms with Crippen molar-refractivity contribution in [1.82, 2.24) is 10.2 Å². The van der Waals surface area contributed by atoms with Crippen molar-refractivity contribution in [2.24, 2.45) is 5.92 Å². The largest absolute Gasteiger partial charge is 0.349 e. The van der Waals surface area contributed by atoms with Gasteiger partial charge in [0.05, 0.1) is 5.75 Å². The van der Waals surface area contributed by atoms with Gasteiger partial charge in [-0.25, -0.2) is 0 Å². The Hall–Kier alpha value is -2.27. The van der Waals surface area contributed by atoms with Crippen molar-refractivity contribution in [3.63, 3.8) is 0 Å². The first-order valence-corrected chi connectivity index (χ1v) is 11.0. The van der Waals surface area contributed by atoms with Gasteiger partial charge in [0.25, 0.3) is 5.91 Å². The monoisotopic (exact) mass is 394 g/mol. The van der Waals surface area contributed by atoms with Crippen LogP contribution >= 0.6 is 11.8 Å². The van der Waals surface area contributed by atoms with Gasteiger partial charge in [0.15, 0.2) is 0 Å². The van der Waals surface area contributed by atoms with E-state index in [0.29, 0.717) is 17.7 Å². The molecule has 4 rings (SSSR count). The van der Waals surface area contributed by atoms with Crippen LogP contribution in [0, 0.1) is 5.92 Å². The molecule has 1 N–H and O–H groups in total. The summed E-state index contributed by atoms with van der Waals surface area (Å²) in [7, 11) is 0. The number of nitrogens with zero attached hydrogens (tertiary/aromatic N) is 1. The van der Waals surface area contributed by atoms with Gasteiger partial charge in [0.2, 0.25) is 5.91 Å². The van der Waals surface area contributed by atoms with Crippen LogP contribution in [-0.2, 0) is 11.2 Å². The van der Waals surface area contributed by atoms with Crippen LogP contribution in [0.1, 0.15) is 35.2 Å². The molecule has 1 saturated carbocycles. The third kappa shape index (κ3) is 5.16. The van der Waals surface area contributed by atoms with Crippen LogP contribution in [-0.4, -0.2) is 41.6 Å². The maximum absolute atomic E-state index is 12.5. The van der Waals surface area contributed by atoms with E-state index in [1.165, 1.54) is 5.56 Å². The molecule has 0 spiro atoms. The highest BCUT2D eigenvalue weighted by Crippen LogP contribution is 2.24. The standard InChI is InChI=1S/C23H26N2O2S/c26-22(16-28-21-4-2-1-3-5-21)25-13-12-18(15-25)14-17-6-8-19(9-7-17)23(27)24-20-10-11-20/h1-9,18,20H,10-16H2,(H,24,27). The summed E-state index contributed by atoms with van der Waals surface area (Å²) >= 11 is 1.60. The molecule has 5 heteroatoms. The van der Waals surface area contributed by atoms with Crippen molar-refractivity contribution in [2.45, 2.75) is 36.6 Å². The smallest absolute Gasteiger partial charge is 0.251 e. The number of hydrogen-bond acceptors (Lipinski definition) is 3. The Kier molecular flexibility index (Phi) is 6.01. The summed E-state index contributed by atoms with van der Waals surface area (Å²) in [6.45, 7) is 1.68. The van der Waals surface area contributed by atoms with Crippen LogP contribution in [0.25, 0.3) is 0 Å². The van der Waals surface area contributed by atoms with E-state index in [2.05, 4.69) is 17.4 Å². The second-order valence-corrected chi connectivity index (χ2v) is 8.79. The fourth-order valence-corrected chi connectivity index (χ4v) is 4.42. The lowest BCUT2D eigenvalue weighted by atomic mass is 9.98. The SMILES string of the molecule is O=C(NC1CC1)c1ccc(CC2CCN(C(=O)CSc3ccccc3)C2)cc1. The lowest BCUT2D eigenvalue weighted by Crippen LogP contribution is -2.30. The van der Waals surface area contributed by atoms with Gasteiger partial charge in [-0.2, -0.15) is 0 Å². The maximum Gasteiger partial charge on any atom is 0.251 e. The molecule has 2 aliphatic rings. The summed E-state index contributed by atoms with van der Waals surface area (Å²) in [4.78, 5) is 27.7. The second-order valence-electron chi connectivity index (χ2n) is 7.74. The molecule has 1 unspecified atom stereocenters. The molecule has 2 fully saturated rings. The molecule has 2 amide bonds. The van der Waals surface area contributed by atoms with Crippen molar-refractivity contribution in [3.05, 3.63) is 65.7 Å². The Balaban J connectivity index is 1.23. The molecule has 1 saturated heterocycles. The zero-order valence-corrected chi connectivity index (χ0v) is 16.8. The molecule has 0 bridgehead atoms. The Labute approximate surface area is 170 Å². The van der Waals surface area contributed by atoms with Gasteiger partial charge in [-0.15, -0.1) is 11.8 Å². The van der Waals surface area contributed by atoms with Crippen molar-refractivity contribution < 1.29 is 9.59 Å². The third-order valence-corrected chi connectivity index (χ3v) is 6.39. The van der Waals surface area contributed by atoms with Crippen LogP contribution in [0.4, 0.5) is 0 Å². The fraction of sp³-hybridized carbons (Fsp3) is 0.391. The summed E-state index contributed by atoms with van der Waals surface area (Å²) in [5.41, 5.74) is 1.97. The van der Waals surface area contributed by atoms with Gasteiger partial charge in [-0.1, -0.05) is 30.3 Å². The topological polar surface area (TPSA) is 49.4 Å². The molecule has 0 radical (unpaired) electrons. The van der Waals surface area contributed by atoms with Crippen molar-refractivity contribution >= 4 is 23.6 Å². The minimum absolute atomic E-state index is 0.0302. The predicted octanol–water partition coefficient (Wildman–Crippen LogP) is 3.76. The predicted molar refractivity (Wildman–Crippen MR) is 112 cm³/mol. The van der Waals surface area contributed by atoms with E-state index in [9.17, 15) is 9.59 Å². The Morgan fingerprint density at radius 2 is 1.75 bits per heavy atom. The van der Waals surface area contributed by atoms with Crippen LogP contribution in [0.2, 0.25) is 0 Å².